The first-order valence-electron chi connectivity index (χ1n) is 8.16. The molecule has 1 aliphatic heterocycles. The second-order valence-electron chi connectivity index (χ2n) is 6.29. The van der Waals surface area contributed by atoms with Crippen molar-refractivity contribution in [2.75, 3.05) is 12.3 Å². The lowest BCUT2D eigenvalue weighted by atomic mass is 10.1. The molecule has 2 aromatic heterocycles. The number of aryl methyl sites for hydroxylation is 1. The van der Waals surface area contributed by atoms with Crippen molar-refractivity contribution in [1.29, 1.82) is 0 Å². The van der Waals surface area contributed by atoms with Crippen LogP contribution in [0.3, 0.4) is 0 Å². The summed E-state index contributed by atoms with van der Waals surface area (Å²) in [6.45, 7) is 5.00. The Balaban J connectivity index is 1.47. The molecule has 0 aliphatic carbocycles. The molecule has 0 atom stereocenters. The minimum Gasteiger partial charge on any atom is -0.368 e. The van der Waals surface area contributed by atoms with Gasteiger partial charge in [0.2, 0.25) is 5.95 Å². The minimum atomic E-state index is 0.378. The third-order valence-corrected chi connectivity index (χ3v) is 5.53. The van der Waals surface area contributed by atoms with E-state index in [2.05, 4.69) is 58.2 Å². The number of aromatic nitrogens is 2. The van der Waals surface area contributed by atoms with E-state index >= 15 is 0 Å². The van der Waals surface area contributed by atoms with E-state index in [1.807, 2.05) is 17.5 Å². The van der Waals surface area contributed by atoms with Gasteiger partial charge in [0.15, 0.2) is 0 Å². The Labute approximate surface area is 146 Å². The smallest absolute Gasteiger partial charge is 0.220 e. The second kappa shape index (κ2) is 6.34. The second-order valence-corrected chi connectivity index (χ2v) is 7.46. The summed E-state index contributed by atoms with van der Waals surface area (Å²) in [5.74, 6) is 0.378. The summed E-state index contributed by atoms with van der Waals surface area (Å²) in [5, 5.41) is 0. The number of thiophene rings is 1. The quantitative estimate of drug-likeness (QED) is 0.793. The molecular formula is C19H20N4S. The fourth-order valence-corrected chi connectivity index (χ4v) is 4.14. The molecule has 1 aromatic carbocycles. The highest BCUT2D eigenvalue weighted by Crippen LogP contribution is 2.30. The van der Waals surface area contributed by atoms with Gasteiger partial charge in [-0.15, -0.1) is 11.3 Å². The zero-order valence-corrected chi connectivity index (χ0v) is 14.5. The van der Waals surface area contributed by atoms with Crippen LogP contribution in [0.2, 0.25) is 0 Å². The molecule has 3 heterocycles. The Morgan fingerprint density at radius 1 is 1.17 bits per heavy atom. The Kier molecular flexibility index (Phi) is 4.04. The van der Waals surface area contributed by atoms with E-state index in [4.69, 9.17) is 5.73 Å². The van der Waals surface area contributed by atoms with Crippen LogP contribution < -0.4 is 5.73 Å². The molecule has 122 valence electrons. The SMILES string of the molecule is Cc1ccc(-c2ccc(CN3CCc4nc(N)ncc4C3)s2)cc1. The first kappa shape index (κ1) is 15.3. The number of benzene rings is 1. The van der Waals surface area contributed by atoms with E-state index in [0.29, 0.717) is 5.95 Å². The largest absolute Gasteiger partial charge is 0.368 e. The van der Waals surface area contributed by atoms with Gasteiger partial charge in [0.1, 0.15) is 0 Å². The molecule has 4 rings (SSSR count). The highest BCUT2D eigenvalue weighted by atomic mass is 32.1. The highest BCUT2D eigenvalue weighted by Gasteiger charge is 2.18. The van der Waals surface area contributed by atoms with E-state index in [9.17, 15) is 0 Å². The summed E-state index contributed by atoms with van der Waals surface area (Å²) < 4.78 is 0. The molecule has 0 radical (unpaired) electrons. The van der Waals surface area contributed by atoms with Crippen LogP contribution in [-0.4, -0.2) is 21.4 Å². The number of anilines is 1. The maximum absolute atomic E-state index is 5.67. The Bertz CT molecular complexity index is 854. The van der Waals surface area contributed by atoms with Crippen LogP contribution in [0.4, 0.5) is 5.95 Å². The van der Waals surface area contributed by atoms with Crippen molar-refractivity contribution in [1.82, 2.24) is 14.9 Å². The lowest BCUT2D eigenvalue weighted by molar-refractivity contribution is 0.245. The number of nitrogens with two attached hydrogens (primary N) is 1. The summed E-state index contributed by atoms with van der Waals surface area (Å²) in [6, 6.07) is 13.2. The normalized spacial score (nSPS) is 14.5. The van der Waals surface area contributed by atoms with Gasteiger partial charge >= 0.3 is 0 Å². The number of rotatable bonds is 3. The van der Waals surface area contributed by atoms with Crippen LogP contribution in [-0.2, 0) is 19.5 Å². The van der Waals surface area contributed by atoms with Crippen molar-refractivity contribution in [3.63, 3.8) is 0 Å². The van der Waals surface area contributed by atoms with E-state index < -0.39 is 0 Å². The van der Waals surface area contributed by atoms with Crippen LogP contribution in [0.15, 0.2) is 42.6 Å². The molecule has 0 bridgehead atoms. The topological polar surface area (TPSA) is 55.0 Å². The fraction of sp³-hybridized carbons (Fsp3) is 0.263. The lowest BCUT2D eigenvalue weighted by Gasteiger charge is -2.27. The zero-order chi connectivity index (χ0) is 16.5. The van der Waals surface area contributed by atoms with E-state index in [1.54, 1.807) is 0 Å². The monoisotopic (exact) mass is 336 g/mol. The molecule has 2 N–H and O–H groups in total. The molecular weight excluding hydrogens is 316 g/mol. The highest BCUT2D eigenvalue weighted by molar-refractivity contribution is 7.15. The van der Waals surface area contributed by atoms with E-state index in [-0.39, 0.29) is 0 Å². The van der Waals surface area contributed by atoms with Crippen molar-refractivity contribution >= 4 is 17.3 Å². The third-order valence-electron chi connectivity index (χ3n) is 4.41. The molecule has 3 aromatic rings. The molecule has 0 saturated heterocycles. The number of nitrogen functional groups attached to an aromatic ring is 1. The molecule has 0 saturated carbocycles. The van der Waals surface area contributed by atoms with Gasteiger partial charge in [-0.2, -0.15) is 0 Å². The summed E-state index contributed by atoms with van der Waals surface area (Å²) in [5.41, 5.74) is 10.6. The van der Waals surface area contributed by atoms with Crippen LogP contribution in [0.1, 0.15) is 21.7 Å². The zero-order valence-electron chi connectivity index (χ0n) is 13.7. The maximum atomic E-state index is 5.67. The standard InChI is InChI=1S/C19H20N4S/c1-13-2-4-14(5-3-13)18-7-6-16(24-18)12-23-9-8-17-15(11-23)10-21-19(20)22-17/h2-7,10H,8-9,11-12H2,1H3,(H2,20,21,22). The molecule has 0 spiro atoms. The van der Waals surface area contributed by atoms with Crippen LogP contribution in [0.25, 0.3) is 10.4 Å². The van der Waals surface area contributed by atoms with E-state index in [1.165, 1.54) is 26.4 Å². The van der Waals surface area contributed by atoms with Gasteiger partial charge < -0.3 is 5.73 Å². The Morgan fingerprint density at radius 3 is 2.83 bits per heavy atom. The predicted octanol–water partition coefficient (Wildman–Crippen LogP) is 3.65. The molecule has 4 nitrogen and oxygen atoms in total. The number of nitrogens with zero attached hydrogens (tertiary/aromatic N) is 3. The number of hydrogen-bond donors (Lipinski definition) is 1. The molecule has 1 aliphatic rings. The molecule has 0 amide bonds. The maximum Gasteiger partial charge on any atom is 0.220 e. The molecule has 0 unspecified atom stereocenters. The van der Waals surface area contributed by atoms with Crippen molar-refractivity contribution in [2.24, 2.45) is 0 Å². The first-order valence-corrected chi connectivity index (χ1v) is 8.97. The summed E-state index contributed by atoms with van der Waals surface area (Å²) >= 11 is 1.88. The van der Waals surface area contributed by atoms with Crippen LogP contribution >= 0.6 is 11.3 Å². The van der Waals surface area contributed by atoms with Gasteiger partial charge in [0.05, 0.1) is 5.69 Å². The molecule has 24 heavy (non-hydrogen) atoms. The fourth-order valence-electron chi connectivity index (χ4n) is 3.08. The molecule has 0 fully saturated rings. The van der Waals surface area contributed by atoms with Crippen LogP contribution in [0.5, 0.6) is 0 Å². The number of hydrogen-bond acceptors (Lipinski definition) is 5. The van der Waals surface area contributed by atoms with Crippen LogP contribution in [0, 0.1) is 6.92 Å². The average Bonchev–Trinajstić information content (AvgIpc) is 3.04. The van der Waals surface area contributed by atoms with Gasteiger partial charge in [-0.3, -0.25) is 4.90 Å². The van der Waals surface area contributed by atoms with Crippen molar-refractivity contribution in [3.05, 3.63) is 64.3 Å². The first-order chi connectivity index (χ1) is 11.7. The summed E-state index contributed by atoms with van der Waals surface area (Å²) in [6.07, 6.45) is 2.81. The van der Waals surface area contributed by atoms with Gasteiger partial charge in [-0.05, 0) is 24.6 Å². The average molecular weight is 336 g/mol. The lowest BCUT2D eigenvalue weighted by Crippen LogP contribution is -2.30. The predicted molar refractivity (Wildman–Crippen MR) is 98.8 cm³/mol. The summed E-state index contributed by atoms with van der Waals surface area (Å²) in [7, 11) is 0. The Morgan fingerprint density at radius 2 is 2.00 bits per heavy atom. The molecule has 5 heteroatoms. The van der Waals surface area contributed by atoms with Crippen molar-refractivity contribution in [2.45, 2.75) is 26.4 Å². The van der Waals surface area contributed by atoms with Gasteiger partial charge in [-0.1, -0.05) is 29.8 Å². The minimum absolute atomic E-state index is 0.378. The summed E-state index contributed by atoms with van der Waals surface area (Å²) in [4.78, 5) is 13.7. The van der Waals surface area contributed by atoms with Crippen molar-refractivity contribution < 1.29 is 0 Å². The Hall–Kier alpha value is -2.24. The van der Waals surface area contributed by atoms with Crippen molar-refractivity contribution in [3.8, 4) is 10.4 Å². The third kappa shape index (κ3) is 3.18. The van der Waals surface area contributed by atoms with Gasteiger partial charge in [0.25, 0.3) is 0 Å². The van der Waals surface area contributed by atoms with Gasteiger partial charge in [0, 0.05) is 47.6 Å². The number of fused-ring (bicyclic) bond motifs is 1. The van der Waals surface area contributed by atoms with E-state index in [0.717, 1.165) is 31.7 Å². The van der Waals surface area contributed by atoms with Gasteiger partial charge in [-0.25, -0.2) is 9.97 Å².